The molecule has 154 valence electrons. The highest BCUT2D eigenvalue weighted by Crippen LogP contribution is 2.39. The number of hydrogen-bond donors (Lipinski definition) is 1. The average Bonchev–Trinajstić information content (AvgIpc) is 3.00. The predicted molar refractivity (Wildman–Crippen MR) is 114 cm³/mol. The maximum absolute atomic E-state index is 11.8. The van der Waals surface area contributed by atoms with Crippen LogP contribution in [0.4, 0.5) is 11.4 Å². The summed E-state index contributed by atoms with van der Waals surface area (Å²) in [4.78, 5) is 33.0. The number of non-ortho nitro benzene ring substituents is 1. The maximum atomic E-state index is 11.8. The van der Waals surface area contributed by atoms with Crippen LogP contribution >= 0.6 is 24.0 Å². The van der Waals surface area contributed by atoms with Crippen molar-refractivity contribution in [2.75, 3.05) is 6.61 Å². The van der Waals surface area contributed by atoms with E-state index in [4.69, 9.17) is 21.7 Å². The van der Waals surface area contributed by atoms with Gasteiger partial charge in [-0.1, -0.05) is 30.0 Å². The Balaban J connectivity index is 1.96. The maximum Gasteiger partial charge on any atom is 0.318 e. The average molecular weight is 447 g/mol. The van der Waals surface area contributed by atoms with E-state index >= 15 is 0 Å². The van der Waals surface area contributed by atoms with Crippen molar-refractivity contribution in [3.63, 3.8) is 0 Å². The lowest BCUT2D eigenvalue weighted by Crippen LogP contribution is -2.17. The lowest BCUT2D eigenvalue weighted by molar-refractivity contribution is -0.394. The molecule has 1 saturated heterocycles. The molecule has 1 heterocycles. The number of carbonyl (C=O) groups excluding carboxylic acids is 1. The first kappa shape index (κ1) is 21.2. The van der Waals surface area contributed by atoms with Gasteiger partial charge in [0.1, 0.15) is 4.32 Å². The molecule has 1 aliphatic rings. The van der Waals surface area contributed by atoms with Gasteiger partial charge in [0.2, 0.25) is 5.75 Å². The number of hydrogen-bond acceptors (Lipinski definition) is 9. The van der Waals surface area contributed by atoms with Gasteiger partial charge in [-0.25, -0.2) is 0 Å². The summed E-state index contributed by atoms with van der Waals surface area (Å²) in [6, 6.07) is 7.86. The molecule has 10 nitrogen and oxygen atoms in total. The third-order valence-electron chi connectivity index (χ3n) is 3.78. The van der Waals surface area contributed by atoms with E-state index in [0.29, 0.717) is 14.8 Å². The zero-order chi connectivity index (χ0) is 21.8. The number of nitrogens with one attached hydrogen (secondary N) is 1. The fourth-order valence-electron chi connectivity index (χ4n) is 2.51. The minimum atomic E-state index is -0.764. The number of benzene rings is 2. The van der Waals surface area contributed by atoms with Gasteiger partial charge in [-0.3, -0.25) is 25.0 Å². The lowest BCUT2D eigenvalue weighted by Gasteiger charge is -2.12. The van der Waals surface area contributed by atoms with Crippen molar-refractivity contribution < 1.29 is 24.1 Å². The SMILES string of the molecule is CCOc1cc(/C=C2/SC(=S)NC2=O)ccc1Oc1ccc([N+](=O)[O-])cc1[N+](=O)[O-]. The summed E-state index contributed by atoms with van der Waals surface area (Å²) in [7, 11) is 0. The predicted octanol–water partition coefficient (Wildman–Crippen LogP) is 4.18. The van der Waals surface area contributed by atoms with E-state index in [1.54, 1.807) is 25.1 Å². The highest BCUT2D eigenvalue weighted by atomic mass is 32.2. The summed E-state index contributed by atoms with van der Waals surface area (Å²) in [6.07, 6.45) is 1.62. The molecule has 1 N–H and O–H groups in total. The van der Waals surface area contributed by atoms with Crippen LogP contribution in [-0.4, -0.2) is 26.7 Å². The smallest absolute Gasteiger partial charge is 0.318 e. The van der Waals surface area contributed by atoms with Crippen molar-refractivity contribution in [3.05, 3.63) is 67.1 Å². The monoisotopic (exact) mass is 447 g/mol. The van der Waals surface area contributed by atoms with Gasteiger partial charge in [0.05, 0.1) is 27.4 Å². The first-order valence-corrected chi connectivity index (χ1v) is 9.63. The van der Waals surface area contributed by atoms with Crippen LogP contribution < -0.4 is 14.8 Å². The molecule has 0 saturated carbocycles. The normalized spacial score (nSPS) is 14.5. The Bertz CT molecular complexity index is 1100. The van der Waals surface area contributed by atoms with Crippen molar-refractivity contribution in [1.29, 1.82) is 0 Å². The Morgan fingerprint density at radius 3 is 2.43 bits per heavy atom. The number of nitro benzene ring substituents is 2. The lowest BCUT2D eigenvalue weighted by atomic mass is 10.2. The van der Waals surface area contributed by atoms with Gasteiger partial charge >= 0.3 is 5.69 Å². The summed E-state index contributed by atoms with van der Waals surface area (Å²) >= 11 is 6.09. The van der Waals surface area contributed by atoms with Crippen LogP contribution in [0.15, 0.2) is 41.3 Å². The highest BCUT2D eigenvalue weighted by Gasteiger charge is 2.24. The Morgan fingerprint density at radius 2 is 1.83 bits per heavy atom. The molecular formula is C18H13N3O7S2. The largest absolute Gasteiger partial charge is 0.490 e. The second kappa shape index (κ2) is 8.88. The minimum Gasteiger partial charge on any atom is -0.490 e. The van der Waals surface area contributed by atoms with Crippen LogP contribution in [0.1, 0.15) is 12.5 Å². The molecule has 1 amide bonds. The first-order valence-electron chi connectivity index (χ1n) is 8.41. The number of nitrogens with zero attached hydrogens (tertiary/aromatic N) is 2. The molecule has 12 heteroatoms. The van der Waals surface area contributed by atoms with Crippen LogP contribution in [0.3, 0.4) is 0 Å². The molecule has 0 spiro atoms. The van der Waals surface area contributed by atoms with Gasteiger partial charge in [0.15, 0.2) is 11.5 Å². The van der Waals surface area contributed by atoms with Crippen molar-refractivity contribution in [1.82, 2.24) is 5.32 Å². The Hall–Kier alpha value is -3.51. The number of thiocarbonyl (C=S) groups is 1. The molecule has 1 aliphatic heterocycles. The quantitative estimate of drug-likeness (QED) is 0.287. The zero-order valence-electron chi connectivity index (χ0n) is 15.3. The molecule has 0 aromatic heterocycles. The van der Waals surface area contributed by atoms with Crippen LogP contribution in [0, 0.1) is 20.2 Å². The Kier molecular flexibility index (Phi) is 6.28. The van der Waals surface area contributed by atoms with Gasteiger partial charge in [-0.15, -0.1) is 0 Å². The van der Waals surface area contributed by atoms with Gasteiger partial charge in [-0.2, -0.15) is 0 Å². The van der Waals surface area contributed by atoms with E-state index < -0.39 is 21.2 Å². The highest BCUT2D eigenvalue weighted by molar-refractivity contribution is 8.26. The van der Waals surface area contributed by atoms with Gasteiger partial charge in [0.25, 0.3) is 11.6 Å². The third-order valence-corrected chi connectivity index (χ3v) is 4.94. The Labute approximate surface area is 179 Å². The molecule has 2 aromatic carbocycles. The summed E-state index contributed by atoms with van der Waals surface area (Å²) < 4.78 is 11.6. The molecule has 30 heavy (non-hydrogen) atoms. The van der Waals surface area contributed by atoms with Crippen LogP contribution in [0.2, 0.25) is 0 Å². The minimum absolute atomic E-state index is 0.172. The topological polar surface area (TPSA) is 134 Å². The number of carbonyl (C=O) groups is 1. The van der Waals surface area contributed by atoms with Crippen LogP contribution in [0.5, 0.6) is 17.2 Å². The molecule has 3 rings (SSSR count). The van der Waals surface area contributed by atoms with E-state index in [1.807, 2.05) is 0 Å². The van der Waals surface area contributed by atoms with E-state index in [9.17, 15) is 25.0 Å². The third kappa shape index (κ3) is 4.72. The van der Waals surface area contributed by atoms with E-state index in [2.05, 4.69) is 5.32 Å². The number of amides is 1. The number of thioether (sulfide) groups is 1. The summed E-state index contributed by atoms with van der Waals surface area (Å²) in [5.41, 5.74) is -0.344. The standard InChI is InChI=1S/C18H13N3O7S2/c1-2-27-15-7-10(8-16-17(22)19-18(29)30-16)3-5-14(15)28-13-6-4-11(20(23)24)9-12(13)21(25)26/h3-9H,2H2,1H3,(H,19,22,29)/b16-8+. The molecule has 0 aliphatic carbocycles. The van der Waals surface area contributed by atoms with E-state index in [1.165, 1.54) is 6.07 Å². The molecule has 0 radical (unpaired) electrons. The summed E-state index contributed by atoms with van der Waals surface area (Å²) in [5, 5.41) is 24.7. The van der Waals surface area contributed by atoms with Gasteiger partial charge < -0.3 is 14.8 Å². The van der Waals surface area contributed by atoms with Crippen molar-refractivity contribution in [3.8, 4) is 17.2 Å². The zero-order valence-corrected chi connectivity index (χ0v) is 17.0. The second-order valence-corrected chi connectivity index (χ2v) is 7.48. The molecule has 0 bridgehead atoms. The van der Waals surface area contributed by atoms with Gasteiger partial charge in [0, 0.05) is 6.07 Å². The van der Waals surface area contributed by atoms with E-state index in [0.717, 1.165) is 30.0 Å². The van der Waals surface area contributed by atoms with Crippen molar-refractivity contribution in [2.45, 2.75) is 6.92 Å². The van der Waals surface area contributed by atoms with Gasteiger partial charge in [-0.05, 0) is 36.8 Å². The fraction of sp³-hybridized carbons (Fsp3) is 0.111. The van der Waals surface area contributed by atoms with Crippen LogP contribution in [-0.2, 0) is 4.79 Å². The number of ether oxygens (including phenoxy) is 2. The van der Waals surface area contributed by atoms with Crippen molar-refractivity contribution in [2.24, 2.45) is 0 Å². The fourth-order valence-corrected chi connectivity index (χ4v) is 3.55. The van der Waals surface area contributed by atoms with Crippen molar-refractivity contribution >= 4 is 51.7 Å². The van der Waals surface area contributed by atoms with Crippen LogP contribution in [0.25, 0.3) is 6.08 Å². The molecule has 1 fully saturated rings. The molecular weight excluding hydrogens is 434 g/mol. The molecule has 2 aromatic rings. The number of rotatable bonds is 7. The molecule has 0 unspecified atom stereocenters. The Morgan fingerprint density at radius 1 is 1.10 bits per heavy atom. The number of nitro groups is 2. The first-order chi connectivity index (χ1) is 14.3. The van der Waals surface area contributed by atoms with E-state index in [-0.39, 0.29) is 29.8 Å². The summed E-state index contributed by atoms with van der Waals surface area (Å²) in [5.74, 6) is -0.0148. The second-order valence-electron chi connectivity index (χ2n) is 5.76. The molecule has 0 atom stereocenters. The summed E-state index contributed by atoms with van der Waals surface area (Å²) in [6.45, 7) is 2.04.